The Balaban J connectivity index is 2.93. The van der Waals surface area contributed by atoms with Crippen LogP contribution in [0.5, 0.6) is 0 Å². The average Bonchev–Trinajstić information content (AvgIpc) is 2.37. The molecule has 1 N–H and O–H groups in total. The summed E-state index contributed by atoms with van der Waals surface area (Å²) in [6.07, 6.45) is 3.98. The number of ether oxygens (including phenoxy) is 1. The first-order valence-corrected chi connectivity index (χ1v) is 6.76. The molecule has 0 aliphatic rings. The maximum absolute atomic E-state index is 5.71. The van der Waals surface area contributed by atoms with E-state index in [1.165, 1.54) is 0 Å². The molecule has 0 saturated heterocycles. The van der Waals surface area contributed by atoms with Gasteiger partial charge in [-0.3, -0.25) is 0 Å². The van der Waals surface area contributed by atoms with Crippen molar-refractivity contribution >= 4 is 0 Å². The van der Waals surface area contributed by atoms with Gasteiger partial charge in [-0.1, -0.05) is 13.3 Å². The molecule has 0 radical (unpaired) electrons. The average molecular weight is 251 g/mol. The predicted molar refractivity (Wildman–Crippen MR) is 73.5 cm³/mol. The number of hydrogen-bond acceptors (Lipinski definition) is 4. The molecule has 1 heterocycles. The highest BCUT2D eigenvalue weighted by atomic mass is 16.5. The van der Waals surface area contributed by atoms with Crippen molar-refractivity contribution in [2.45, 2.75) is 52.7 Å². The van der Waals surface area contributed by atoms with Crippen LogP contribution in [-0.4, -0.2) is 23.6 Å². The summed E-state index contributed by atoms with van der Waals surface area (Å²) in [6.45, 7) is 8.99. The first kappa shape index (κ1) is 15.1. The van der Waals surface area contributed by atoms with Gasteiger partial charge in [0.1, 0.15) is 6.10 Å². The van der Waals surface area contributed by atoms with E-state index >= 15 is 0 Å². The summed E-state index contributed by atoms with van der Waals surface area (Å²) in [7, 11) is 1.94. The molecule has 18 heavy (non-hydrogen) atoms. The van der Waals surface area contributed by atoms with E-state index in [9.17, 15) is 0 Å². The Bertz CT molecular complexity index is 362. The van der Waals surface area contributed by atoms with E-state index in [4.69, 9.17) is 4.74 Å². The lowest BCUT2D eigenvalue weighted by Gasteiger charge is -2.18. The monoisotopic (exact) mass is 251 g/mol. The predicted octanol–water partition coefficient (Wildman–Crippen LogP) is 2.94. The van der Waals surface area contributed by atoms with E-state index in [2.05, 4.69) is 29.1 Å². The zero-order valence-electron chi connectivity index (χ0n) is 12.2. The molecule has 0 aliphatic heterocycles. The van der Waals surface area contributed by atoms with Crippen molar-refractivity contribution in [1.29, 1.82) is 0 Å². The minimum absolute atomic E-state index is 0.0256. The second kappa shape index (κ2) is 7.44. The molecule has 4 nitrogen and oxygen atoms in total. The maximum Gasteiger partial charge on any atom is 0.157 e. The van der Waals surface area contributed by atoms with Crippen molar-refractivity contribution in [3.63, 3.8) is 0 Å². The van der Waals surface area contributed by atoms with Crippen LogP contribution in [-0.2, 0) is 4.74 Å². The molecule has 0 aromatic carbocycles. The second-order valence-electron chi connectivity index (χ2n) is 4.51. The van der Waals surface area contributed by atoms with Crippen LogP contribution in [0.2, 0.25) is 0 Å². The van der Waals surface area contributed by atoms with Crippen LogP contribution in [0, 0.1) is 6.92 Å². The van der Waals surface area contributed by atoms with E-state index in [-0.39, 0.29) is 12.1 Å². The van der Waals surface area contributed by atoms with Gasteiger partial charge in [-0.25, -0.2) is 9.97 Å². The Hall–Kier alpha value is -1.00. The van der Waals surface area contributed by atoms with Gasteiger partial charge in [0.25, 0.3) is 0 Å². The van der Waals surface area contributed by atoms with Crippen LogP contribution in [0.25, 0.3) is 0 Å². The summed E-state index contributed by atoms with van der Waals surface area (Å²) in [5, 5.41) is 3.21. The smallest absolute Gasteiger partial charge is 0.157 e. The Labute approximate surface area is 110 Å². The lowest BCUT2D eigenvalue weighted by molar-refractivity contribution is 0.0492. The van der Waals surface area contributed by atoms with Crippen molar-refractivity contribution in [1.82, 2.24) is 15.3 Å². The van der Waals surface area contributed by atoms with E-state index in [1.807, 2.05) is 27.1 Å². The molecule has 0 aliphatic carbocycles. The SMILES string of the molecule is CCCC(OCC)c1ncc(C(C)NC)c(C)n1. The minimum atomic E-state index is 0.0256. The van der Waals surface area contributed by atoms with Crippen LogP contribution in [0.4, 0.5) is 0 Å². The fourth-order valence-corrected chi connectivity index (χ4v) is 1.98. The molecule has 2 atom stereocenters. The van der Waals surface area contributed by atoms with E-state index in [0.717, 1.165) is 29.9 Å². The first-order valence-electron chi connectivity index (χ1n) is 6.76. The quantitative estimate of drug-likeness (QED) is 0.809. The van der Waals surface area contributed by atoms with Crippen molar-refractivity contribution in [3.05, 3.63) is 23.3 Å². The molecular formula is C14H25N3O. The van der Waals surface area contributed by atoms with Crippen LogP contribution in [0.15, 0.2) is 6.20 Å². The van der Waals surface area contributed by atoms with Gasteiger partial charge in [0.2, 0.25) is 0 Å². The largest absolute Gasteiger partial charge is 0.371 e. The highest BCUT2D eigenvalue weighted by Crippen LogP contribution is 2.22. The van der Waals surface area contributed by atoms with Crippen LogP contribution in [0.3, 0.4) is 0 Å². The van der Waals surface area contributed by atoms with Crippen LogP contribution < -0.4 is 5.32 Å². The summed E-state index contributed by atoms with van der Waals surface area (Å²) in [5.41, 5.74) is 2.18. The topological polar surface area (TPSA) is 47.0 Å². The lowest BCUT2D eigenvalue weighted by atomic mass is 10.1. The Morgan fingerprint density at radius 1 is 1.39 bits per heavy atom. The molecule has 0 spiro atoms. The molecule has 2 unspecified atom stereocenters. The molecule has 0 bridgehead atoms. The molecule has 1 aromatic rings. The Kier molecular flexibility index (Phi) is 6.22. The van der Waals surface area contributed by atoms with Crippen LogP contribution >= 0.6 is 0 Å². The maximum atomic E-state index is 5.71. The molecular weight excluding hydrogens is 226 g/mol. The number of aromatic nitrogens is 2. The third-order valence-corrected chi connectivity index (χ3v) is 3.14. The molecule has 0 saturated carbocycles. The summed E-state index contributed by atoms with van der Waals surface area (Å²) >= 11 is 0. The van der Waals surface area contributed by atoms with Gasteiger partial charge >= 0.3 is 0 Å². The molecule has 1 rings (SSSR count). The summed E-state index contributed by atoms with van der Waals surface area (Å²) < 4.78 is 5.71. The fraction of sp³-hybridized carbons (Fsp3) is 0.714. The number of aryl methyl sites for hydroxylation is 1. The summed E-state index contributed by atoms with van der Waals surface area (Å²) in [6, 6.07) is 0.274. The Morgan fingerprint density at radius 2 is 2.11 bits per heavy atom. The van der Waals surface area contributed by atoms with E-state index in [1.54, 1.807) is 0 Å². The Morgan fingerprint density at radius 3 is 2.61 bits per heavy atom. The van der Waals surface area contributed by atoms with E-state index < -0.39 is 0 Å². The van der Waals surface area contributed by atoms with Gasteiger partial charge in [0.05, 0.1) is 0 Å². The molecule has 0 fully saturated rings. The van der Waals surface area contributed by atoms with Gasteiger partial charge in [0.15, 0.2) is 5.82 Å². The molecule has 4 heteroatoms. The molecule has 1 aromatic heterocycles. The van der Waals surface area contributed by atoms with Gasteiger partial charge in [-0.05, 0) is 34.2 Å². The normalized spacial score (nSPS) is 14.5. The van der Waals surface area contributed by atoms with Crippen LogP contribution in [0.1, 0.15) is 62.8 Å². The fourth-order valence-electron chi connectivity index (χ4n) is 1.98. The van der Waals surface area contributed by atoms with Crippen molar-refractivity contribution in [3.8, 4) is 0 Å². The van der Waals surface area contributed by atoms with Crippen molar-refractivity contribution < 1.29 is 4.74 Å². The number of nitrogens with one attached hydrogen (secondary N) is 1. The minimum Gasteiger partial charge on any atom is -0.371 e. The third kappa shape index (κ3) is 3.75. The lowest BCUT2D eigenvalue weighted by Crippen LogP contribution is -2.17. The summed E-state index contributed by atoms with van der Waals surface area (Å²) in [5.74, 6) is 0.809. The van der Waals surface area contributed by atoms with Gasteiger partial charge in [-0.2, -0.15) is 0 Å². The van der Waals surface area contributed by atoms with Gasteiger partial charge in [-0.15, -0.1) is 0 Å². The van der Waals surface area contributed by atoms with Crippen molar-refractivity contribution in [2.24, 2.45) is 0 Å². The number of nitrogens with zero attached hydrogens (tertiary/aromatic N) is 2. The second-order valence-corrected chi connectivity index (χ2v) is 4.51. The standard InChI is InChI=1S/C14H25N3O/c1-6-8-13(18-7-2)14-16-9-12(10(3)15-5)11(4)17-14/h9-10,13,15H,6-8H2,1-5H3. The molecule has 0 amide bonds. The highest BCUT2D eigenvalue weighted by molar-refractivity contribution is 5.20. The summed E-state index contributed by atoms with van der Waals surface area (Å²) in [4.78, 5) is 9.07. The van der Waals surface area contributed by atoms with Gasteiger partial charge < -0.3 is 10.1 Å². The molecule has 102 valence electrons. The third-order valence-electron chi connectivity index (χ3n) is 3.14. The van der Waals surface area contributed by atoms with Crippen molar-refractivity contribution in [2.75, 3.05) is 13.7 Å². The first-order chi connectivity index (χ1) is 8.63. The van der Waals surface area contributed by atoms with E-state index in [0.29, 0.717) is 6.61 Å². The zero-order valence-corrected chi connectivity index (χ0v) is 12.2. The highest BCUT2D eigenvalue weighted by Gasteiger charge is 2.16. The number of rotatable bonds is 7. The van der Waals surface area contributed by atoms with Gasteiger partial charge in [0, 0.05) is 30.1 Å². The number of hydrogen-bond donors (Lipinski definition) is 1. The zero-order chi connectivity index (χ0) is 13.5.